The van der Waals surface area contributed by atoms with Crippen LogP contribution in [0.15, 0.2) is 103 Å². The van der Waals surface area contributed by atoms with Crippen molar-refractivity contribution in [3.8, 4) is 5.75 Å². The molecule has 2 aliphatic rings. The molecular weight excluding hydrogens is 486 g/mol. The average molecular weight is 522 g/mol. The van der Waals surface area contributed by atoms with Gasteiger partial charge in [0.2, 0.25) is 5.91 Å². The molecule has 39 heavy (non-hydrogen) atoms. The minimum Gasteiger partial charge on any atom is -0.496 e. The molecule has 0 spiro atoms. The largest absolute Gasteiger partial charge is 0.496 e. The summed E-state index contributed by atoms with van der Waals surface area (Å²) >= 11 is 0. The summed E-state index contributed by atoms with van der Waals surface area (Å²) in [4.78, 5) is 28.2. The molecule has 0 bridgehead atoms. The number of nitrogens with one attached hydrogen (secondary N) is 1. The Balaban J connectivity index is 1.41. The number of ether oxygens (including phenoxy) is 1. The molecule has 1 amide bonds. The monoisotopic (exact) mass is 521 g/mol. The van der Waals surface area contributed by atoms with Gasteiger partial charge in [-0.05, 0) is 40.8 Å². The van der Waals surface area contributed by atoms with E-state index in [0.29, 0.717) is 13.0 Å². The van der Waals surface area contributed by atoms with Gasteiger partial charge in [0, 0.05) is 25.7 Å². The summed E-state index contributed by atoms with van der Waals surface area (Å²) in [5.41, 5.74) is 5.69. The van der Waals surface area contributed by atoms with Crippen molar-refractivity contribution in [1.82, 2.24) is 15.3 Å². The van der Waals surface area contributed by atoms with Crippen LogP contribution in [-0.4, -0.2) is 54.4 Å². The topological polar surface area (TPSA) is 61.9 Å². The van der Waals surface area contributed by atoms with Crippen LogP contribution in [-0.2, 0) is 22.6 Å². The number of carbonyl (C=O) groups is 2. The van der Waals surface area contributed by atoms with E-state index in [-0.39, 0.29) is 18.0 Å². The Labute approximate surface area is 230 Å². The maximum absolute atomic E-state index is 13.8. The van der Waals surface area contributed by atoms with Gasteiger partial charge in [-0.1, -0.05) is 97.1 Å². The summed E-state index contributed by atoms with van der Waals surface area (Å²) in [6.07, 6.45) is 14.5. The molecule has 6 nitrogen and oxygen atoms in total. The van der Waals surface area contributed by atoms with Crippen molar-refractivity contribution >= 4 is 23.0 Å². The third-order valence-corrected chi connectivity index (χ3v) is 7.59. The van der Waals surface area contributed by atoms with Crippen molar-refractivity contribution in [3.05, 3.63) is 114 Å². The summed E-state index contributed by atoms with van der Waals surface area (Å²) in [5, 5.41) is 4.24. The van der Waals surface area contributed by atoms with Crippen molar-refractivity contribution in [3.63, 3.8) is 0 Å². The molecule has 1 aliphatic carbocycles. The van der Waals surface area contributed by atoms with Gasteiger partial charge in [-0.3, -0.25) is 4.79 Å². The Bertz CT molecular complexity index is 1410. The fourth-order valence-corrected chi connectivity index (χ4v) is 5.56. The third kappa shape index (κ3) is 5.87. The zero-order valence-electron chi connectivity index (χ0n) is 22.4. The molecule has 1 heterocycles. The first-order valence-electron chi connectivity index (χ1n) is 13.4. The SMILES string of the molecule is COc1ccccc1CC1C=CC(C(=O)N(C)Cc2cccc3ccccc23)C(C=O)N1NC1C=CC=CC1. The van der Waals surface area contributed by atoms with Crippen LogP contribution in [0.25, 0.3) is 10.8 Å². The summed E-state index contributed by atoms with van der Waals surface area (Å²) in [6, 6.07) is 21.5. The number of hydrazine groups is 1. The van der Waals surface area contributed by atoms with Crippen LogP contribution in [0.2, 0.25) is 0 Å². The molecule has 5 rings (SSSR count). The molecule has 0 saturated carbocycles. The fraction of sp³-hybridized carbons (Fsp3) is 0.273. The lowest BCUT2D eigenvalue weighted by Gasteiger charge is -2.42. The van der Waals surface area contributed by atoms with Gasteiger partial charge >= 0.3 is 0 Å². The first-order chi connectivity index (χ1) is 19.1. The van der Waals surface area contributed by atoms with Crippen molar-refractivity contribution in [2.75, 3.05) is 14.2 Å². The van der Waals surface area contributed by atoms with E-state index in [2.05, 4.69) is 47.9 Å². The van der Waals surface area contributed by atoms with Crippen molar-refractivity contribution < 1.29 is 14.3 Å². The van der Waals surface area contributed by atoms with Crippen molar-refractivity contribution in [2.24, 2.45) is 5.92 Å². The zero-order chi connectivity index (χ0) is 27.2. The second-order valence-electron chi connectivity index (χ2n) is 10.1. The van der Waals surface area contributed by atoms with Gasteiger partial charge in [-0.25, -0.2) is 10.4 Å². The second kappa shape index (κ2) is 12.2. The molecule has 1 N–H and O–H groups in total. The highest BCUT2D eigenvalue weighted by Crippen LogP contribution is 2.28. The van der Waals surface area contributed by atoms with Crippen LogP contribution in [0.3, 0.4) is 0 Å². The number of hydrogen-bond donors (Lipinski definition) is 1. The van der Waals surface area contributed by atoms with Crippen LogP contribution in [0.4, 0.5) is 0 Å². The summed E-state index contributed by atoms with van der Waals surface area (Å²) in [6.45, 7) is 0.463. The average Bonchev–Trinajstić information content (AvgIpc) is 2.98. The van der Waals surface area contributed by atoms with E-state index in [4.69, 9.17) is 4.74 Å². The van der Waals surface area contributed by atoms with Crippen LogP contribution < -0.4 is 10.2 Å². The highest BCUT2D eigenvalue weighted by Gasteiger charge is 2.39. The minimum absolute atomic E-state index is 0.0354. The first kappa shape index (κ1) is 26.6. The number of allylic oxidation sites excluding steroid dienone is 2. The number of hydrogen-bond acceptors (Lipinski definition) is 5. The quantitative estimate of drug-likeness (QED) is 0.322. The minimum atomic E-state index is -0.656. The number of aldehydes is 1. The lowest BCUT2D eigenvalue weighted by atomic mass is 9.89. The molecule has 0 radical (unpaired) electrons. The van der Waals surface area contributed by atoms with E-state index >= 15 is 0 Å². The number of fused-ring (bicyclic) bond motifs is 1. The molecule has 0 saturated heterocycles. The zero-order valence-corrected chi connectivity index (χ0v) is 22.4. The predicted molar refractivity (Wildman–Crippen MR) is 155 cm³/mol. The van der Waals surface area contributed by atoms with Gasteiger partial charge in [-0.2, -0.15) is 0 Å². The van der Waals surface area contributed by atoms with Crippen LogP contribution in [0, 0.1) is 5.92 Å². The number of benzene rings is 3. The van der Waals surface area contributed by atoms with E-state index in [9.17, 15) is 9.59 Å². The van der Waals surface area contributed by atoms with E-state index < -0.39 is 12.0 Å². The van der Waals surface area contributed by atoms with E-state index in [0.717, 1.165) is 40.4 Å². The van der Waals surface area contributed by atoms with Gasteiger partial charge in [0.25, 0.3) is 0 Å². The standard InChI is InChI=1S/C33H35N3O3/c1-35(22-26-14-10-13-24-11-6-8-17-29(24)26)33(38)30-20-19-28(21-25-12-7-9-18-32(25)39-2)36(31(30)23-37)34-27-15-4-3-5-16-27/h3-15,17-20,23,27-28,30-31,34H,16,21-22H2,1-2H3. The number of nitrogens with zero attached hydrogens (tertiary/aromatic N) is 2. The molecule has 6 heteroatoms. The molecule has 0 aromatic heterocycles. The Hall–Kier alpha value is -4.00. The first-order valence-corrected chi connectivity index (χ1v) is 13.4. The molecule has 3 aromatic carbocycles. The predicted octanol–water partition coefficient (Wildman–Crippen LogP) is 4.86. The molecule has 4 atom stereocenters. The number of amides is 1. The summed E-state index contributed by atoms with van der Waals surface area (Å²) in [7, 11) is 3.48. The van der Waals surface area contributed by atoms with Gasteiger partial charge in [0.1, 0.15) is 12.0 Å². The molecule has 1 aliphatic heterocycles. The number of para-hydroxylation sites is 1. The summed E-state index contributed by atoms with van der Waals surface area (Å²) < 4.78 is 5.59. The molecule has 3 aromatic rings. The van der Waals surface area contributed by atoms with Gasteiger partial charge < -0.3 is 14.4 Å². The molecule has 4 unspecified atom stereocenters. The number of rotatable bonds is 9. The Kier molecular flexibility index (Phi) is 8.35. The van der Waals surface area contributed by atoms with Crippen LogP contribution >= 0.6 is 0 Å². The lowest BCUT2D eigenvalue weighted by Crippen LogP contribution is -2.61. The molecular formula is C33H35N3O3. The van der Waals surface area contributed by atoms with E-state index in [1.165, 1.54) is 0 Å². The second-order valence-corrected chi connectivity index (χ2v) is 10.1. The van der Waals surface area contributed by atoms with E-state index in [1.807, 2.05) is 72.7 Å². The van der Waals surface area contributed by atoms with Crippen molar-refractivity contribution in [1.29, 1.82) is 0 Å². The van der Waals surface area contributed by atoms with Gasteiger partial charge in [-0.15, -0.1) is 0 Å². The Morgan fingerprint density at radius 3 is 2.56 bits per heavy atom. The Morgan fingerprint density at radius 2 is 1.77 bits per heavy atom. The Morgan fingerprint density at radius 1 is 1.00 bits per heavy atom. The fourth-order valence-electron chi connectivity index (χ4n) is 5.56. The maximum Gasteiger partial charge on any atom is 0.231 e. The lowest BCUT2D eigenvalue weighted by molar-refractivity contribution is -0.139. The summed E-state index contributed by atoms with van der Waals surface area (Å²) in [5.74, 6) is 0.118. The maximum atomic E-state index is 13.8. The van der Waals surface area contributed by atoms with Crippen LogP contribution in [0.5, 0.6) is 5.75 Å². The third-order valence-electron chi connectivity index (χ3n) is 7.59. The highest BCUT2D eigenvalue weighted by molar-refractivity contribution is 5.88. The molecule has 200 valence electrons. The van der Waals surface area contributed by atoms with Gasteiger partial charge in [0.05, 0.1) is 19.1 Å². The van der Waals surface area contributed by atoms with E-state index in [1.54, 1.807) is 12.0 Å². The van der Waals surface area contributed by atoms with Gasteiger partial charge in [0.15, 0.2) is 0 Å². The smallest absolute Gasteiger partial charge is 0.231 e. The highest BCUT2D eigenvalue weighted by atomic mass is 16.5. The van der Waals surface area contributed by atoms with Crippen LogP contribution in [0.1, 0.15) is 17.5 Å². The number of carbonyl (C=O) groups excluding carboxylic acids is 2. The van der Waals surface area contributed by atoms with Crippen molar-refractivity contribution in [2.45, 2.75) is 37.5 Å². The number of methoxy groups -OCH3 is 1. The molecule has 0 fully saturated rings. The normalized spacial score (nSPS) is 22.6.